The van der Waals surface area contributed by atoms with E-state index in [1.54, 1.807) is 0 Å². The van der Waals surface area contributed by atoms with Crippen molar-refractivity contribution in [2.45, 2.75) is 64.6 Å². The van der Waals surface area contributed by atoms with Crippen molar-refractivity contribution in [3.05, 3.63) is 18.2 Å². The number of aromatic nitrogens is 2. The molecular formula is C16H29N3O. The van der Waals surface area contributed by atoms with Crippen LogP contribution in [-0.2, 0) is 17.7 Å². The van der Waals surface area contributed by atoms with Gasteiger partial charge in [-0.25, -0.2) is 4.98 Å². The first-order chi connectivity index (χ1) is 9.80. The molecule has 1 aromatic heterocycles. The Hall–Kier alpha value is -0.870. The Morgan fingerprint density at radius 1 is 1.40 bits per heavy atom. The number of aryl methyl sites for hydroxylation is 1. The number of nitrogens with one attached hydrogen (secondary N) is 1. The summed E-state index contributed by atoms with van der Waals surface area (Å²) >= 11 is 0. The summed E-state index contributed by atoms with van der Waals surface area (Å²) in [7, 11) is 1.85. The Labute approximate surface area is 122 Å². The first kappa shape index (κ1) is 15.5. The van der Waals surface area contributed by atoms with Gasteiger partial charge in [0, 0.05) is 38.5 Å². The molecule has 1 aliphatic rings. The minimum absolute atomic E-state index is 0.327. The summed E-state index contributed by atoms with van der Waals surface area (Å²) in [6.07, 6.45) is 10.2. The zero-order valence-electron chi connectivity index (χ0n) is 13.1. The lowest BCUT2D eigenvalue weighted by Crippen LogP contribution is -2.44. The van der Waals surface area contributed by atoms with Crippen LogP contribution in [0, 0.1) is 5.92 Å². The van der Waals surface area contributed by atoms with E-state index < -0.39 is 0 Å². The molecule has 114 valence electrons. The van der Waals surface area contributed by atoms with Crippen LogP contribution in [0.15, 0.2) is 12.4 Å². The molecule has 0 amide bonds. The minimum atomic E-state index is 0.327. The molecule has 1 fully saturated rings. The van der Waals surface area contributed by atoms with Gasteiger partial charge in [0.2, 0.25) is 0 Å². The summed E-state index contributed by atoms with van der Waals surface area (Å²) in [4.78, 5) is 4.55. The standard InChI is InChI=1S/C16H29N3O/c1-4-8-17-14(16(20-3)13-6-7-13)12-15-18-9-11-19(15)10-5-2/h9,11,13-14,16-17H,4-8,10,12H2,1-3H3. The van der Waals surface area contributed by atoms with Crippen molar-refractivity contribution in [2.24, 2.45) is 5.92 Å². The van der Waals surface area contributed by atoms with Crippen molar-refractivity contribution < 1.29 is 4.74 Å². The highest BCUT2D eigenvalue weighted by atomic mass is 16.5. The van der Waals surface area contributed by atoms with Crippen LogP contribution in [0.1, 0.15) is 45.4 Å². The third-order valence-electron chi connectivity index (χ3n) is 4.08. The Balaban J connectivity index is 2.03. The molecule has 1 heterocycles. The van der Waals surface area contributed by atoms with Gasteiger partial charge >= 0.3 is 0 Å². The molecule has 0 radical (unpaired) electrons. The molecule has 0 aromatic carbocycles. The van der Waals surface area contributed by atoms with Crippen LogP contribution in [0.5, 0.6) is 0 Å². The second-order valence-corrected chi connectivity index (χ2v) is 5.84. The molecular weight excluding hydrogens is 250 g/mol. The maximum Gasteiger partial charge on any atom is 0.110 e. The van der Waals surface area contributed by atoms with Crippen molar-refractivity contribution in [3.63, 3.8) is 0 Å². The molecule has 2 atom stereocenters. The predicted molar refractivity (Wildman–Crippen MR) is 81.8 cm³/mol. The van der Waals surface area contributed by atoms with E-state index >= 15 is 0 Å². The predicted octanol–water partition coefficient (Wildman–Crippen LogP) is 2.63. The number of rotatable bonds is 10. The SMILES string of the molecule is CCCNC(Cc1nccn1CCC)C(OC)C1CC1. The molecule has 1 aliphatic carbocycles. The highest BCUT2D eigenvalue weighted by Gasteiger charge is 2.37. The summed E-state index contributed by atoms with van der Waals surface area (Å²) in [5, 5.41) is 3.67. The van der Waals surface area contributed by atoms with Gasteiger partial charge in [-0.3, -0.25) is 0 Å². The van der Waals surface area contributed by atoms with E-state index in [0.717, 1.165) is 38.3 Å². The molecule has 1 N–H and O–H groups in total. The van der Waals surface area contributed by atoms with E-state index in [2.05, 4.69) is 34.9 Å². The first-order valence-corrected chi connectivity index (χ1v) is 8.06. The average molecular weight is 279 g/mol. The maximum absolute atomic E-state index is 5.78. The van der Waals surface area contributed by atoms with E-state index in [1.165, 1.54) is 18.7 Å². The Bertz CT molecular complexity index is 387. The van der Waals surface area contributed by atoms with Crippen LogP contribution in [0.2, 0.25) is 0 Å². The molecule has 2 rings (SSSR count). The zero-order chi connectivity index (χ0) is 14.4. The van der Waals surface area contributed by atoms with E-state index in [4.69, 9.17) is 4.74 Å². The van der Waals surface area contributed by atoms with E-state index in [0.29, 0.717) is 12.1 Å². The van der Waals surface area contributed by atoms with Crippen molar-refractivity contribution >= 4 is 0 Å². The molecule has 20 heavy (non-hydrogen) atoms. The number of ether oxygens (including phenoxy) is 1. The topological polar surface area (TPSA) is 39.1 Å². The van der Waals surface area contributed by atoms with Gasteiger partial charge in [-0.15, -0.1) is 0 Å². The number of hydrogen-bond donors (Lipinski definition) is 1. The quantitative estimate of drug-likeness (QED) is 0.715. The van der Waals surface area contributed by atoms with Gasteiger partial charge in [0.15, 0.2) is 0 Å². The van der Waals surface area contributed by atoms with Crippen LogP contribution < -0.4 is 5.32 Å². The van der Waals surface area contributed by atoms with Crippen LogP contribution in [0.25, 0.3) is 0 Å². The molecule has 0 spiro atoms. The molecule has 0 saturated heterocycles. The van der Waals surface area contributed by atoms with Crippen LogP contribution in [0.4, 0.5) is 0 Å². The summed E-state index contributed by atoms with van der Waals surface area (Å²) in [5.74, 6) is 1.92. The van der Waals surface area contributed by atoms with E-state index in [1.807, 2.05) is 13.3 Å². The van der Waals surface area contributed by atoms with Gasteiger partial charge in [-0.05, 0) is 38.1 Å². The lowest BCUT2D eigenvalue weighted by Gasteiger charge is -2.27. The van der Waals surface area contributed by atoms with Crippen LogP contribution >= 0.6 is 0 Å². The molecule has 4 nitrogen and oxygen atoms in total. The second-order valence-electron chi connectivity index (χ2n) is 5.84. The van der Waals surface area contributed by atoms with E-state index in [9.17, 15) is 0 Å². The highest BCUT2D eigenvalue weighted by Crippen LogP contribution is 2.36. The van der Waals surface area contributed by atoms with Gasteiger partial charge in [0.05, 0.1) is 6.10 Å². The Kier molecular flexibility index (Phi) is 6.05. The molecule has 0 aliphatic heterocycles. The summed E-state index contributed by atoms with van der Waals surface area (Å²) in [5.41, 5.74) is 0. The van der Waals surface area contributed by atoms with Gasteiger partial charge in [-0.2, -0.15) is 0 Å². The molecule has 2 unspecified atom stereocenters. The number of imidazole rings is 1. The van der Waals surface area contributed by atoms with Gasteiger partial charge < -0.3 is 14.6 Å². The fourth-order valence-electron chi connectivity index (χ4n) is 2.92. The highest BCUT2D eigenvalue weighted by molar-refractivity contribution is 5.00. The molecule has 1 saturated carbocycles. The van der Waals surface area contributed by atoms with Crippen LogP contribution in [0.3, 0.4) is 0 Å². The van der Waals surface area contributed by atoms with Crippen molar-refractivity contribution in [1.82, 2.24) is 14.9 Å². The minimum Gasteiger partial charge on any atom is -0.380 e. The lowest BCUT2D eigenvalue weighted by molar-refractivity contribution is 0.0502. The Morgan fingerprint density at radius 2 is 2.20 bits per heavy atom. The number of hydrogen-bond acceptors (Lipinski definition) is 3. The zero-order valence-corrected chi connectivity index (χ0v) is 13.1. The third-order valence-corrected chi connectivity index (χ3v) is 4.08. The summed E-state index contributed by atoms with van der Waals surface area (Å²) in [6, 6.07) is 0.380. The average Bonchev–Trinajstić information content (AvgIpc) is 3.19. The third kappa shape index (κ3) is 4.06. The largest absolute Gasteiger partial charge is 0.380 e. The fraction of sp³-hybridized carbons (Fsp3) is 0.812. The smallest absolute Gasteiger partial charge is 0.110 e. The monoisotopic (exact) mass is 279 g/mol. The second kappa shape index (κ2) is 7.79. The van der Waals surface area contributed by atoms with Crippen molar-refractivity contribution in [1.29, 1.82) is 0 Å². The maximum atomic E-state index is 5.78. The molecule has 1 aromatic rings. The lowest BCUT2D eigenvalue weighted by atomic mass is 10.0. The van der Waals surface area contributed by atoms with Crippen molar-refractivity contribution in [2.75, 3.05) is 13.7 Å². The molecule has 4 heteroatoms. The Morgan fingerprint density at radius 3 is 2.80 bits per heavy atom. The fourth-order valence-corrected chi connectivity index (χ4v) is 2.92. The summed E-state index contributed by atoms with van der Waals surface area (Å²) < 4.78 is 8.06. The van der Waals surface area contributed by atoms with Crippen LogP contribution in [-0.4, -0.2) is 35.4 Å². The number of methoxy groups -OCH3 is 1. The van der Waals surface area contributed by atoms with E-state index in [-0.39, 0.29) is 0 Å². The first-order valence-electron chi connectivity index (χ1n) is 8.06. The van der Waals surface area contributed by atoms with Gasteiger partial charge in [0.1, 0.15) is 5.82 Å². The molecule has 0 bridgehead atoms. The number of nitrogens with zero attached hydrogens (tertiary/aromatic N) is 2. The van der Waals surface area contributed by atoms with Crippen molar-refractivity contribution in [3.8, 4) is 0 Å². The van der Waals surface area contributed by atoms with Gasteiger partial charge in [0.25, 0.3) is 0 Å². The van der Waals surface area contributed by atoms with Gasteiger partial charge in [-0.1, -0.05) is 13.8 Å². The summed E-state index contributed by atoms with van der Waals surface area (Å²) in [6.45, 7) is 6.52. The normalized spacial score (nSPS) is 18.1.